The highest BCUT2D eigenvalue weighted by Crippen LogP contribution is 2.14. The predicted octanol–water partition coefficient (Wildman–Crippen LogP) is 1.72. The highest BCUT2D eigenvalue weighted by Gasteiger charge is 2.14. The Hall–Kier alpha value is -1.78. The fourth-order valence-electron chi connectivity index (χ4n) is 2.05. The number of rotatable bonds is 6. The number of aromatic nitrogens is 1. The third-order valence-corrected chi connectivity index (χ3v) is 2.99. The van der Waals surface area contributed by atoms with E-state index < -0.39 is 5.97 Å². The van der Waals surface area contributed by atoms with Crippen molar-refractivity contribution < 1.29 is 14.7 Å². The van der Waals surface area contributed by atoms with Crippen molar-refractivity contribution >= 4 is 11.9 Å². The smallest absolute Gasteiger partial charge is 0.303 e. The summed E-state index contributed by atoms with van der Waals surface area (Å²) in [7, 11) is 0. The molecule has 5 nitrogen and oxygen atoms in total. The molecule has 0 atom stereocenters. The van der Waals surface area contributed by atoms with Crippen LogP contribution in [-0.4, -0.2) is 28.1 Å². The fraction of sp³-hybridized carbons (Fsp3) is 0.538. The number of nitrogens with one attached hydrogen (secondary N) is 1. The third-order valence-electron chi connectivity index (χ3n) is 2.99. The van der Waals surface area contributed by atoms with Crippen molar-refractivity contribution in [2.75, 3.05) is 6.54 Å². The van der Waals surface area contributed by atoms with E-state index in [0.29, 0.717) is 18.5 Å². The largest absolute Gasteiger partial charge is 0.481 e. The highest BCUT2D eigenvalue weighted by atomic mass is 16.4. The molecular weight excluding hydrogens is 232 g/mol. The molecule has 0 saturated heterocycles. The second-order valence-electron chi connectivity index (χ2n) is 4.28. The Morgan fingerprint density at radius 3 is 2.56 bits per heavy atom. The maximum atomic E-state index is 11.9. The summed E-state index contributed by atoms with van der Waals surface area (Å²) < 4.78 is 2.08. The van der Waals surface area contributed by atoms with Gasteiger partial charge in [-0.3, -0.25) is 9.59 Å². The van der Waals surface area contributed by atoms with Gasteiger partial charge in [0.15, 0.2) is 0 Å². The number of amides is 1. The number of aliphatic carboxylic acids is 1. The van der Waals surface area contributed by atoms with E-state index in [9.17, 15) is 9.59 Å². The van der Waals surface area contributed by atoms with Crippen molar-refractivity contribution in [2.45, 2.75) is 40.2 Å². The Morgan fingerprint density at radius 2 is 2.06 bits per heavy atom. The molecule has 0 unspecified atom stereocenters. The zero-order valence-corrected chi connectivity index (χ0v) is 11.1. The SMILES string of the molecule is CCn1c(C)cc(C(=O)NCCCC(=O)O)c1C. The van der Waals surface area contributed by atoms with Crippen molar-refractivity contribution in [1.82, 2.24) is 9.88 Å². The van der Waals surface area contributed by atoms with E-state index in [1.54, 1.807) is 0 Å². The lowest BCUT2D eigenvalue weighted by atomic mass is 10.2. The number of carboxylic acid groups (broad SMARTS) is 1. The molecule has 100 valence electrons. The molecular formula is C13H20N2O3. The normalized spacial score (nSPS) is 10.4. The lowest BCUT2D eigenvalue weighted by molar-refractivity contribution is -0.137. The first-order valence-electron chi connectivity index (χ1n) is 6.14. The molecule has 1 amide bonds. The van der Waals surface area contributed by atoms with Gasteiger partial charge in [0.1, 0.15) is 0 Å². The van der Waals surface area contributed by atoms with Gasteiger partial charge in [0, 0.05) is 30.9 Å². The number of aryl methyl sites for hydroxylation is 1. The number of carboxylic acids is 1. The molecule has 0 radical (unpaired) electrons. The number of hydrogen-bond donors (Lipinski definition) is 2. The molecule has 0 bridgehead atoms. The first-order chi connectivity index (χ1) is 8.47. The second kappa shape index (κ2) is 6.23. The molecule has 0 saturated carbocycles. The fourth-order valence-corrected chi connectivity index (χ4v) is 2.05. The first kappa shape index (κ1) is 14.3. The lowest BCUT2D eigenvalue weighted by Crippen LogP contribution is -2.25. The summed E-state index contributed by atoms with van der Waals surface area (Å²) in [4.78, 5) is 22.3. The standard InChI is InChI=1S/C13H20N2O3/c1-4-15-9(2)8-11(10(15)3)13(18)14-7-5-6-12(16)17/h8H,4-7H2,1-3H3,(H,14,18)(H,16,17). The van der Waals surface area contributed by atoms with Gasteiger partial charge in [0.05, 0.1) is 5.56 Å². The van der Waals surface area contributed by atoms with Crippen molar-refractivity contribution in [1.29, 1.82) is 0 Å². The minimum Gasteiger partial charge on any atom is -0.481 e. The van der Waals surface area contributed by atoms with Crippen LogP contribution in [0.1, 0.15) is 41.5 Å². The van der Waals surface area contributed by atoms with Crippen LogP contribution in [0.4, 0.5) is 0 Å². The number of hydrogen-bond acceptors (Lipinski definition) is 2. The monoisotopic (exact) mass is 252 g/mol. The Kier molecular flexibility index (Phi) is 4.95. The maximum absolute atomic E-state index is 11.9. The molecule has 0 fully saturated rings. The maximum Gasteiger partial charge on any atom is 0.303 e. The van der Waals surface area contributed by atoms with E-state index in [0.717, 1.165) is 17.9 Å². The van der Waals surface area contributed by atoms with Gasteiger partial charge in [-0.2, -0.15) is 0 Å². The molecule has 0 aliphatic carbocycles. The van der Waals surface area contributed by atoms with E-state index >= 15 is 0 Å². The summed E-state index contributed by atoms with van der Waals surface area (Å²) in [6.07, 6.45) is 0.530. The van der Waals surface area contributed by atoms with Gasteiger partial charge in [-0.15, -0.1) is 0 Å². The number of nitrogens with zero attached hydrogens (tertiary/aromatic N) is 1. The molecule has 0 aliphatic heterocycles. The zero-order valence-electron chi connectivity index (χ0n) is 11.1. The van der Waals surface area contributed by atoms with Crippen molar-refractivity contribution in [3.05, 3.63) is 23.0 Å². The predicted molar refractivity (Wildman–Crippen MR) is 68.8 cm³/mol. The Bertz CT molecular complexity index is 449. The van der Waals surface area contributed by atoms with Crippen LogP contribution < -0.4 is 5.32 Å². The van der Waals surface area contributed by atoms with Crippen LogP contribution in [0.3, 0.4) is 0 Å². The quantitative estimate of drug-likeness (QED) is 0.757. The van der Waals surface area contributed by atoms with E-state index in [1.165, 1.54) is 0 Å². The van der Waals surface area contributed by atoms with Crippen LogP contribution >= 0.6 is 0 Å². The van der Waals surface area contributed by atoms with Gasteiger partial charge in [-0.25, -0.2) is 0 Å². The summed E-state index contributed by atoms with van der Waals surface area (Å²) >= 11 is 0. The summed E-state index contributed by atoms with van der Waals surface area (Å²) in [5, 5.41) is 11.2. The Morgan fingerprint density at radius 1 is 1.39 bits per heavy atom. The van der Waals surface area contributed by atoms with E-state index in [4.69, 9.17) is 5.11 Å². The third kappa shape index (κ3) is 3.35. The molecule has 18 heavy (non-hydrogen) atoms. The summed E-state index contributed by atoms with van der Waals surface area (Å²) in [6.45, 7) is 7.15. The van der Waals surface area contributed by atoms with Crippen LogP contribution in [0.15, 0.2) is 6.07 Å². The van der Waals surface area contributed by atoms with Gasteiger partial charge in [-0.1, -0.05) is 0 Å². The number of carbonyl (C=O) groups excluding carboxylic acids is 1. The molecule has 1 aromatic rings. The van der Waals surface area contributed by atoms with Gasteiger partial charge in [-0.05, 0) is 33.3 Å². The summed E-state index contributed by atoms with van der Waals surface area (Å²) in [6, 6.07) is 1.87. The van der Waals surface area contributed by atoms with Crippen LogP contribution in [0, 0.1) is 13.8 Å². The number of carbonyl (C=O) groups is 2. The second-order valence-corrected chi connectivity index (χ2v) is 4.28. The molecule has 0 spiro atoms. The van der Waals surface area contributed by atoms with Crippen molar-refractivity contribution in [2.24, 2.45) is 0 Å². The van der Waals surface area contributed by atoms with Crippen LogP contribution in [0.2, 0.25) is 0 Å². The van der Waals surface area contributed by atoms with Crippen molar-refractivity contribution in [3.63, 3.8) is 0 Å². The van der Waals surface area contributed by atoms with Crippen LogP contribution in [0.5, 0.6) is 0 Å². The Labute approximate surface area is 107 Å². The topological polar surface area (TPSA) is 71.3 Å². The minimum absolute atomic E-state index is 0.0776. The van der Waals surface area contributed by atoms with Crippen molar-refractivity contribution in [3.8, 4) is 0 Å². The minimum atomic E-state index is -0.839. The lowest BCUT2D eigenvalue weighted by Gasteiger charge is -2.06. The molecule has 0 aliphatic rings. The molecule has 1 rings (SSSR count). The highest BCUT2D eigenvalue weighted by molar-refractivity contribution is 5.95. The average molecular weight is 252 g/mol. The summed E-state index contributed by atoms with van der Waals surface area (Å²) in [5.41, 5.74) is 2.68. The van der Waals surface area contributed by atoms with Crippen LogP contribution in [-0.2, 0) is 11.3 Å². The van der Waals surface area contributed by atoms with Gasteiger partial charge < -0.3 is 15.0 Å². The van der Waals surface area contributed by atoms with Gasteiger partial charge in [0.25, 0.3) is 5.91 Å². The molecule has 1 aromatic heterocycles. The molecule has 5 heteroatoms. The van der Waals surface area contributed by atoms with E-state index in [2.05, 4.69) is 9.88 Å². The summed E-state index contributed by atoms with van der Waals surface area (Å²) in [5.74, 6) is -0.971. The van der Waals surface area contributed by atoms with Gasteiger partial charge >= 0.3 is 5.97 Å². The molecule has 1 heterocycles. The van der Waals surface area contributed by atoms with E-state index in [1.807, 2.05) is 26.8 Å². The molecule has 0 aromatic carbocycles. The van der Waals surface area contributed by atoms with Gasteiger partial charge in [0.2, 0.25) is 0 Å². The van der Waals surface area contributed by atoms with E-state index in [-0.39, 0.29) is 12.3 Å². The van der Waals surface area contributed by atoms with Crippen LogP contribution in [0.25, 0.3) is 0 Å². The molecule has 2 N–H and O–H groups in total. The first-order valence-corrected chi connectivity index (χ1v) is 6.14. The zero-order chi connectivity index (χ0) is 13.7. The Balaban J connectivity index is 2.59. The average Bonchev–Trinajstić information content (AvgIpc) is 2.59.